The van der Waals surface area contributed by atoms with Crippen LogP contribution in [0.25, 0.3) is 11.1 Å². The van der Waals surface area contributed by atoms with E-state index in [-0.39, 0.29) is 11.7 Å². The van der Waals surface area contributed by atoms with E-state index in [0.29, 0.717) is 23.1 Å². The third kappa shape index (κ3) is 3.84. The van der Waals surface area contributed by atoms with Crippen molar-refractivity contribution in [2.75, 3.05) is 14.1 Å². The van der Waals surface area contributed by atoms with Crippen molar-refractivity contribution in [3.8, 4) is 11.1 Å². The van der Waals surface area contributed by atoms with Crippen LogP contribution in [0.15, 0.2) is 58.0 Å². The smallest absolute Gasteiger partial charge is 0.256 e. The van der Waals surface area contributed by atoms with Crippen molar-refractivity contribution >= 4 is 11.8 Å². The Balaban J connectivity index is 1.91. The average molecular weight is 366 g/mol. The zero-order valence-corrected chi connectivity index (χ0v) is 15.9. The molecule has 0 aliphatic carbocycles. The number of nitrogens with zero attached hydrogens (tertiary/aromatic N) is 3. The molecule has 0 fully saturated rings. The average Bonchev–Trinajstić information content (AvgIpc) is 3.02. The lowest BCUT2D eigenvalue weighted by atomic mass is 9.93. The van der Waals surface area contributed by atoms with Gasteiger partial charge < -0.3 is 15.2 Å². The number of halogens is 1. The zero-order chi connectivity index (χ0) is 19.6. The standard InChI is InChI=1S/C21H23FN4O/c1-13(19-14(2)20(27-25-19)24-21(23)26(3)4)16-10-11-17(18(22)12-16)15-8-6-5-7-9-15/h5-13H,1-4H3,(H2,23,24). The first-order valence-corrected chi connectivity index (χ1v) is 8.71. The fourth-order valence-corrected chi connectivity index (χ4v) is 2.86. The fraction of sp³-hybridized carbons (Fsp3) is 0.238. The van der Waals surface area contributed by atoms with E-state index in [0.717, 1.165) is 16.7 Å². The van der Waals surface area contributed by atoms with Crippen molar-refractivity contribution in [3.05, 3.63) is 71.2 Å². The summed E-state index contributed by atoms with van der Waals surface area (Å²) in [5, 5.41) is 4.14. The Bertz CT molecular complexity index is 964. The first-order valence-electron chi connectivity index (χ1n) is 8.71. The lowest BCUT2D eigenvalue weighted by Gasteiger charge is -2.12. The number of aliphatic imine (C=N–C) groups is 1. The Morgan fingerprint density at radius 3 is 2.52 bits per heavy atom. The van der Waals surface area contributed by atoms with Gasteiger partial charge in [0, 0.05) is 31.1 Å². The van der Waals surface area contributed by atoms with Crippen LogP contribution in [0.1, 0.15) is 29.7 Å². The van der Waals surface area contributed by atoms with Gasteiger partial charge in [0.2, 0.25) is 0 Å². The van der Waals surface area contributed by atoms with Crippen LogP contribution < -0.4 is 5.73 Å². The van der Waals surface area contributed by atoms with Crippen molar-refractivity contribution in [3.63, 3.8) is 0 Å². The molecule has 1 atom stereocenters. The SMILES string of the molecule is Cc1c(C(C)c2ccc(-c3ccccc3)c(F)c2)noc1/N=C(\N)N(C)C. The Hall–Kier alpha value is -3.15. The Kier molecular flexibility index (Phi) is 5.26. The van der Waals surface area contributed by atoms with Crippen molar-refractivity contribution in [2.24, 2.45) is 10.7 Å². The molecule has 0 saturated heterocycles. The van der Waals surface area contributed by atoms with Crippen molar-refractivity contribution < 1.29 is 8.91 Å². The summed E-state index contributed by atoms with van der Waals surface area (Å²) in [4.78, 5) is 5.93. The number of hydrogen-bond acceptors (Lipinski definition) is 3. The molecule has 1 unspecified atom stereocenters. The molecule has 0 radical (unpaired) electrons. The van der Waals surface area contributed by atoms with Crippen molar-refractivity contribution in [1.82, 2.24) is 10.1 Å². The summed E-state index contributed by atoms with van der Waals surface area (Å²) in [6, 6.07) is 14.8. The van der Waals surface area contributed by atoms with Crippen molar-refractivity contribution in [2.45, 2.75) is 19.8 Å². The Morgan fingerprint density at radius 1 is 1.19 bits per heavy atom. The Labute approximate surface area is 158 Å². The summed E-state index contributed by atoms with van der Waals surface area (Å²) in [5.41, 5.74) is 9.60. The highest BCUT2D eigenvalue weighted by Crippen LogP contribution is 2.33. The predicted octanol–water partition coefficient (Wildman–Crippen LogP) is 4.45. The molecule has 140 valence electrons. The summed E-state index contributed by atoms with van der Waals surface area (Å²) in [7, 11) is 3.59. The van der Waals surface area contributed by atoms with Crippen LogP contribution in [0.3, 0.4) is 0 Å². The van der Waals surface area contributed by atoms with Gasteiger partial charge in [-0.05, 0) is 24.1 Å². The number of aromatic nitrogens is 1. The maximum Gasteiger partial charge on any atom is 0.256 e. The first-order chi connectivity index (χ1) is 12.9. The lowest BCUT2D eigenvalue weighted by molar-refractivity contribution is 0.418. The third-order valence-electron chi connectivity index (χ3n) is 4.60. The number of nitrogens with two attached hydrogens (primary N) is 1. The first kappa shape index (κ1) is 18.6. The van der Waals surface area contributed by atoms with Crippen molar-refractivity contribution in [1.29, 1.82) is 0 Å². The third-order valence-corrected chi connectivity index (χ3v) is 4.60. The van der Waals surface area contributed by atoms with Crippen LogP contribution in [0.4, 0.5) is 10.3 Å². The van der Waals surface area contributed by atoms with Crippen LogP contribution in [0.2, 0.25) is 0 Å². The summed E-state index contributed by atoms with van der Waals surface area (Å²) >= 11 is 0. The number of rotatable bonds is 4. The minimum Gasteiger partial charge on any atom is -0.369 e. The highest BCUT2D eigenvalue weighted by molar-refractivity contribution is 5.80. The molecule has 3 aromatic rings. The maximum atomic E-state index is 14.7. The number of hydrogen-bond donors (Lipinski definition) is 1. The molecule has 0 spiro atoms. The zero-order valence-electron chi connectivity index (χ0n) is 15.9. The van der Waals surface area contributed by atoms with Gasteiger partial charge in [-0.25, -0.2) is 4.39 Å². The largest absolute Gasteiger partial charge is 0.369 e. The van der Waals surface area contributed by atoms with Crippen LogP contribution in [-0.4, -0.2) is 30.1 Å². The van der Waals surface area contributed by atoms with E-state index in [1.54, 1.807) is 31.1 Å². The van der Waals surface area contributed by atoms with Crippen LogP contribution in [0.5, 0.6) is 0 Å². The Morgan fingerprint density at radius 2 is 1.89 bits per heavy atom. The van der Waals surface area contributed by atoms with E-state index in [1.165, 1.54) is 0 Å². The molecule has 2 N–H and O–H groups in total. The van der Waals surface area contributed by atoms with Gasteiger partial charge in [-0.15, -0.1) is 0 Å². The highest BCUT2D eigenvalue weighted by atomic mass is 19.1. The maximum absolute atomic E-state index is 14.7. The van der Waals surface area contributed by atoms with Gasteiger partial charge in [-0.3, -0.25) is 0 Å². The molecule has 0 bridgehead atoms. The molecule has 5 nitrogen and oxygen atoms in total. The molecule has 27 heavy (non-hydrogen) atoms. The summed E-state index contributed by atoms with van der Waals surface area (Å²) in [6.07, 6.45) is 0. The number of guanidine groups is 1. The summed E-state index contributed by atoms with van der Waals surface area (Å²) < 4.78 is 20.0. The van der Waals surface area contributed by atoms with Gasteiger partial charge in [0.1, 0.15) is 5.82 Å². The summed E-state index contributed by atoms with van der Waals surface area (Å²) in [6.45, 7) is 3.84. The van der Waals surface area contributed by atoms with Gasteiger partial charge >= 0.3 is 0 Å². The molecule has 1 aromatic heterocycles. The van der Waals surface area contributed by atoms with E-state index in [2.05, 4.69) is 10.1 Å². The van der Waals surface area contributed by atoms with E-state index < -0.39 is 0 Å². The molecule has 3 rings (SSSR count). The topological polar surface area (TPSA) is 67.6 Å². The van der Waals surface area contributed by atoms with Gasteiger partial charge in [-0.2, -0.15) is 4.99 Å². The molecule has 2 aromatic carbocycles. The van der Waals surface area contributed by atoms with Gasteiger partial charge in [-0.1, -0.05) is 54.5 Å². The van der Waals surface area contributed by atoms with Crippen LogP contribution >= 0.6 is 0 Å². The quantitative estimate of drug-likeness (QED) is 0.547. The second-order valence-electron chi connectivity index (χ2n) is 6.69. The number of benzene rings is 2. The van der Waals surface area contributed by atoms with E-state index in [4.69, 9.17) is 10.3 Å². The lowest BCUT2D eigenvalue weighted by Crippen LogP contribution is -2.29. The molecule has 0 saturated carbocycles. The predicted molar refractivity (Wildman–Crippen MR) is 106 cm³/mol. The second-order valence-corrected chi connectivity index (χ2v) is 6.69. The molecular formula is C21H23FN4O. The van der Waals surface area contributed by atoms with Gasteiger partial charge in [0.15, 0.2) is 5.96 Å². The molecule has 0 aliphatic rings. The summed E-state index contributed by atoms with van der Waals surface area (Å²) in [5.74, 6) is 0.288. The normalized spacial score (nSPS) is 12.9. The molecule has 0 amide bonds. The van der Waals surface area contributed by atoms with Gasteiger partial charge in [0.05, 0.1) is 5.69 Å². The highest BCUT2D eigenvalue weighted by Gasteiger charge is 2.20. The molecule has 1 heterocycles. The van der Waals surface area contributed by atoms with E-state index in [1.807, 2.05) is 50.2 Å². The van der Waals surface area contributed by atoms with E-state index >= 15 is 0 Å². The minimum absolute atomic E-state index is 0.141. The monoisotopic (exact) mass is 366 g/mol. The molecule has 0 aliphatic heterocycles. The van der Waals surface area contributed by atoms with Crippen LogP contribution in [0, 0.1) is 12.7 Å². The van der Waals surface area contributed by atoms with Gasteiger partial charge in [0.25, 0.3) is 5.88 Å². The molecule has 6 heteroatoms. The van der Waals surface area contributed by atoms with E-state index in [9.17, 15) is 4.39 Å². The minimum atomic E-state index is -0.262. The fourth-order valence-electron chi connectivity index (χ4n) is 2.86. The van der Waals surface area contributed by atoms with Crippen LogP contribution in [-0.2, 0) is 0 Å². The molecular weight excluding hydrogens is 343 g/mol. The second kappa shape index (κ2) is 7.61.